The molecule has 0 spiro atoms. The van der Waals surface area contributed by atoms with Crippen LogP contribution in [0.15, 0.2) is 30.6 Å². The zero-order valence-corrected chi connectivity index (χ0v) is 24.5. The number of piperidine rings is 1. The van der Waals surface area contributed by atoms with Gasteiger partial charge in [-0.2, -0.15) is 13.2 Å². The molecule has 0 aliphatic carbocycles. The van der Waals surface area contributed by atoms with Gasteiger partial charge in [-0.15, -0.1) is 11.3 Å². The molecule has 224 valence electrons. The first-order chi connectivity index (χ1) is 20.0. The van der Waals surface area contributed by atoms with Crippen LogP contribution >= 0.6 is 11.3 Å². The maximum Gasteiger partial charge on any atom is 0.416 e. The van der Waals surface area contributed by atoms with E-state index in [-0.39, 0.29) is 23.8 Å². The normalized spacial score (nSPS) is 18.5. The van der Waals surface area contributed by atoms with E-state index in [1.807, 2.05) is 4.90 Å². The maximum absolute atomic E-state index is 13.6. The van der Waals surface area contributed by atoms with Crippen molar-refractivity contribution in [3.63, 3.8) is 0 Å². The van der Waals surface area contributed by atoms with Gasteiger partial charge in [0.15, 0.2) is 5.78 Å². The molecule has 8 nitrogen and oxygen atoms in total. The summed E-state index contributed by atoms with van der Waals surface area (Å²) in [5.74, 6) is -0.839. The molecule has 2 aliphatic rings. The lowest BCUT2D eigenvalue weighted by Crippen LogP contribution is -2.36. The Morgan fingerprint density at radius 2 is 1.83 bits per heavy atom. The molecule has 1 N–H and O–H groups in total. The molecule has 0 bridgehead atoms. The number of carbonyl (C=O) groups is 2. The minimum Gasteiger partial charge on any atom is -0.481 e. The first-order valence-electron chi connectivity index (χ1n) is 14.3. The van der Waals surface area contributed by atoms with E-state index >= 15 is 0 Å². The number of aryl methyl sites for hydroxylation is 1. The van der Waals surface area contributed by atoms with Crippen LogP contribution in [0.5, 0.6) is 0 Å². The van der Waals surface area contributed by atoms with Crippen LogP contribution in [0.2, 0.25) is 0 Å². The summed E-state index contributed by atoms with van der Waals surface area (Å²) in [5.41, 5.74) is 0.842. The van der Waals surface area contributed by atoms with Crippen LogP contribution in [0.4, 0.5) is 19.0 Å². The van der Waals surface area contributed by atoms with Crippen molar-refractivity contribution in [2.75, 3.05) is 24.5 Å². The molecule has 2 saturated heterocycles. The number of likely N-dealkylation sites (tertiary alicyclic amines) is 1. The second kappa shape index (κ2) is 12.5. The lowest BCUT2D eigenvalue weighted by molar-refractivity contribution is -0.142. The van der Waals surface area contributed by atoms with Gasteiger partial charge >= 0.3 is 12.1 Å². The molecule has 0 radical (unpaired) electrons. The van der Waals surface area contributed by atoms with E-state index in [1.54, 1.807) is 13.0 Å². The Balaban J connectivity index is 1.37. The standard InChI is InChI=1S/C30H34F3N5O3S/c1-3-22-5-4-8-38(22)17-25-28(20-11-18(2)12-21(13-20)30(31,32)33)36-27(42-25)14-24(39)23-15-35-26(16-34-23)37-9-6-19(7-10-37)29(40)41/h11-13,15-16,19,22H,3-10,14,17H2,1-2H3,(H,40,41)/t22-/m1/s1. The van der Waals surface area contributed by atoms with Crippen LogP contribution in [-0.4, -0.2) is 62.4 Å². The van der Waals surface area contributed by atoms with E-state index in [0.717, 1.165) is 42.8 Å². The summed E-state index contributed by atoms with van der Waals surface area (Å²) >= 11 is 1.37. The largest absolute Gasteiger partial charge is 0.481 e. The molecule has 42 heavy (non-hydrogen) atoms. The fourth-order valence-electron chi connectivity index (χ4n) is 5.85. The number of hydrogen-bond acceptors (Lipinski definition) is 8. The van der Waals surface area contributed by atoms with Crippen LogP contribution < -0.4 is 4.90 Å². The minimum absolute atomic E-state index is 0.0369. The Bertz CT molecular complexity index is 1430. The van der Waals surface area contributed by atoms with Crippen molar-refractivity contribution in [2.24, 2.45) is 5.92 Å². The Hall–Kier alpha value is -3.38. The van der Waals surface area contributed by atoms with E-state index in [1.165, 1.54) is 23.7 Å². The van der Waals surface area contributed by atoms with Gasteiger partial charge in [-0.05, 0) is 69.3 Å². The van der Waals surface area contributed by atoms with E-state index in [2.05, 4.69) is 21.8 Å². The fraction of sp³-hybridized carbons (Fsp3) is 0.500. The first kappa shape index (κ1) is 30.1. The van der Waals surface area contributed by atoms with Gasteiger partial charge in [-0.25, -0.2) is 15.0 Å². The van der Waals surface area contributed by atoms with Gasteiger partial charge in [-0.3, -0.25) is 14.5 Å². The number of alkyl halides is 3. The van der Waals surface area contributed by atoms with Crippen molar-refractivity contribution in [3.8, 4) is 11.3 Å². The quantitative estimate of drug-likeness (QED) is 0.297. The van der Waals surface area contributed by atoms with Crippen molar-refractivity contribution in [1.82, 2.24) is 19.9 Å². The molecule has 0 saturated carbocycles. The van der Waals surface area contributed by atoms with Gasteiger partial charge in [0, 0.05) is 36.1 Å². The van der Waals surface area contributed by atoms with Crippen molar-refractivity contribution >= 4 is 28.9 Å². The van der Waals surface area contributed by atoms with Gasteiger partial charge in [0.2, 0.25) is 0 Å². The SMILES string of the molecule is CC[C@@H]1CCCN1Cc1sc(CC(=O)c2cnc(N3CCC(C(=O)O)CC3)cn2)nc1-c1cc(C)cc(C(F)(F)F)c1. The topological polar surface area (TPSA) is 99.5 Å². The summed E-state index contributed by atoms with van der Waals surface area (Å²) in [7, 11) is 0. The third-order valence-corrected chi connectivity index (χ3v) is 9.18. The van der Waals surface area contributed by atoms with E-state index in [4.69, 9.17) is 4.98 Å². The zero-order chi connectivity index (χ0) is 30.0. The van der Waals surface area contributed by atoms with Crippen LogP contribution in [0, 0.1) is 12.8 Å². The molecule has 5 rings (SSSR count). The number of thiazole rings is 1. The number of anilines is 1. The van der Waals surface area contributed by atoms with Crippen molar-refractivity contribution < 1.29 is 27.9 Å². The number of ketones is 1. The second-order valence-corrected chi connectivity index (χ2v) is 12.3. The predicted octanol–water partition coefficient (Wildman–Crippen LogP) is 6.03. The Labute approximate surface area is 246 Å². The first-order valence-corrected chi connectivity index (χ1v) is 15.1. The third-order valence-electron chi connectivity index (χ3n) is 8.14. The highest BCUT2D eigenvalue weighted by Gasteiger charge is 2.32. The number of benzene rings is 1. The molecule has 2 fully saturated rings. The number of hydrogen-bond donors (Lipinski definition) is 1. The molecular weight excluding hydrogens is 567 g/mol. The molecule has 4 heterocycles. The van der Waals surface area contributed by atoms with E-state index in [9.17, 15) is 27.9 Å². The number of halogens is 3. The van der Waals surface area contributed by atoms with Crippen molar-refractivity contribution in [2.45, 2.75) is 71.1 Å². The highest BCUT2D eigenvalue weighted by atomic mass is 32.1. The number of rotatable bonds is 9. The van der Waals surface area contributed by atoms with E-state index in [0.29, 0.717) is 66.2 Å². The number of carboxylic acid groups (broad SMARTS) is 1. The molecule has 1 aromatic carbocycles. The number of aliphatic carboxylic acids is 1. The highest BCUT2D eigenvalue weighted by Crippen LogP contribution is 2.37. The zero-order valence-electron chi connectivity index (χ0n) is 23.7. The van der Waals surface area contributed by atoms with Gasteiger partial charge in [0.1, 0.15) is 16.5 Å². The van der Waals surface area contributed by atoms with Crippen molar-refractivity contribution in [1.29, 1.82) is 0 Å². The Morgan fingerprint density at radius 3 is 2.48 bits per heavy atom. The number of aromatic nitrogens is 3. The minimum atomic E-state index is -4.48. The Morgan fingerprint density at radius 1 is 1.07 bits per heavy atom. The lowest BCUT2D eigenvalue weighted by Gasteiger charge is -2.30. The summed E-state index contributed by atoms with van der Waals surface area (Å²) in [5, 5.41) is 9.73. The Kier molecular flexibility index (Phi) is 8.93. The fourth-order valence-corrected chi connectivity index (χ4v) is 6.97. The van der Waals surface area contributed by atoms with Gasteiger partial charge in [-0.1, -0.05) is 6.92 Å². The van der Waals surface area contributed by atoms with Gasteiger partial charge in [0.25, 0.3) is 0 Å². The summed E-state index contributed by atoms with van der Waals surface area (Å²) in [4.78, 5) is 43.0. The number of carboxylic acids is 1. The number of Topliss-reactive ketones (excluding diaryl/α,β-unsaturated/α-hetero) is 1. The van der Waals surface area contributed by atoms with Crippen LogP contribution in [0.25, 0.3) is 11.3 Å². The number of nitrogens with zero attached hydrogens (tertiary/aromatic N) is 5. The molecule has 2 aromatic heterocycles. The number of carbonyl (C=O) groups excluding carboxylic acids is 1. The van der Waals surface area contributed by atoms with Gasteiger partial charge in [0.05, 0.1) is 36.0 Å². The summed E-state index contributed by atoms with van der Waals surface area (Å²) in [6, 6.07) is 4.40. The predicted molar refractivity (Wildman–Crippen MR) is 154 cm³/mol. The lowest BCUT2D eigenvalue weighted by atomic mass is 9.97. The molecule has 1 atom stereocenters. The smallest absolute Gasteiger partial charge is 0.416 e. The third kappa shape index (κ3) is 6.81. The van der Waals surface area contributed by atoms with Crippen LogP contribution in [0.1, 0.15) is 70.5 Å². The highest BCUT2D eigenvalue weighted by molar-refractivity contribution is 7.12. The molecule has 2 aliphatic heterocycles. The van der Waals surface area contributed by atoms with Crippen molar-refractivity contribution in [3.05, 3.63) is 57.3 Å². The van der Waals surface area contributed by atoms with Gasteiger partial charge < -0.3 is 10.0 Å². The monoisotopic (exact) mass is 601 g/mol. The molecule has 3 aromatic rings. The molecular formula is C30H34F3N5O3S. The van der Waals surface area contributed by atoms with Crippen LogP contribution in [-0.2, 0) is 23.9 Å². The maximum atomic E-state index is 13.6. The second-order valence-electron chi connectivity index (χ2n) is 11.1. The average molecular weight is 602 g/mol. The molecule has 0 unspecified atom stereocenters. The summed E-state index contributed by atoms with van der Waals surface area (Å²) < 4.78 is 40.9. The van der Waals surface area contributed by atoms with Crippen LogP contribution in [0.3, 0.4) is 0 Å². The summed E-state index contributed by atoms with van der Waals surface area (Å²) in [6.45, 7) is 6.37. The van der Waals surface area contributed by atoms with E-state index < -0.39 is 17.7 Å². The average Bonchev–Trinajstić information content (AvgIpc) is 3.58. The summed E-state index contributed by atoms with van der Waals surface area (Å²) in [6.07, 6.45) is 2.63. The molecule has 12 heteroatoms. The molecule has 0 amide bonds.